The second kappa shape index (κ2) is 3.91. The first-order valence-corrected chi connectivity index (χ1v) is 6.14. The maximum Gasteiger partial charge on any atom is 0.416 e. The molecular weight excluding hydrogens is 346 g/mol. The molecule has 2 N–H and O–H groups in total. The van der Waals surface area contributed by atoms with Crippen molar-refractivity contribution in [2.75, 3.05) is 0 Å². The van der Waals surface area contributed by atoms with E-state index >= 15 is 0 Å². The van der Waals surface area contributed by atoms with Crippen LogP contribution in [0.15, 0.2) is 23.1 Å². The molecule has 84 valence electrons. The summed E-state index contributed by atoms with van der Waals surface area (Å²) in [5.74, 6) is 0. The predicted molar refractivity (Wildman–Crippen MR) is 55.5 cm³/mol. The lowest BCUT2D eigenvalue weighted by Gasteiger charge is -2.08. The summed E-state index contributed by atoms with van der Waals surface area (Å²) < 4.78 is 58.8. The van der Waals surface area contributed by atoms with Crippen LogP contribution in [-0.2, 0) is 16.2 Å². The SMILES string of the molecule is NS(=O)(=O)c1cc(I)cc(C(F)(F)F)c1. The summed E-state index contributed by atoms with van der Waals surface area (Å²) in [6.07, 6.45) is -4.58. The van der Waals surface area contributed by atoms with Gasteiger partial charge in [0.25, 0.3) is 0 Å². The lowest BCUT2D eigenvalue weighted by atomic mass is 10.2. The monoisotopic (exact) mass is 351 g/mol. The van der Waals surface area contributed by atoms with Gasteiger partial charge in [-0.1, -0.05) is 0 Å². The van der Waals surface area contributed by atoms with Gasteiger partial charge >= 0.3 is 6.18 Å². The number of nitrogens with two attached hydrogens (primary N) is 1. The smallest absolute Gasteiger partial charge is 0.225 e. The van der Waals surface area contributed by atoms with E-state index in [9.17, 15) is 21.6 Å². The standard InChI is InChI=1S/C7H5F3INO2S/c8-7(9,10)4-1-5(11)3-6(2-4)15(12,13)14/h1-3H,(H2,12,13,14). The number of hydrogen-bond donors (Lipinski definition) is 1. The molecule has 0 atom stereocenters. The van der Waals surface area contributed by atoms with E-state index in [0.717, 1.165) is 12.1 Å². The Morgan fingerprint density at radius 1 is 1.20 bits per heavy atom. The number of alkyl halides is 3. The van der Waals surface area contributed by atoms with Crippen LogP contribution in [0.4, 0.5) is 13.2 Å². The fraction of sp³-hybridized carbons (Fsp3) is 0.143. The Balaban J connectivity index is 3.43. The molecule has 1 aromatic rings. The summed E-state index contributed by atoms with van der Waals surface area (Å²) in [7, 11) is -4.11. The van der Waals surface area contributed by atoms with Crippen LogP contribution >= 0.6 is 22.6 Å². The Kier molecular flexibility index (Phi) is 3.31. The minimum atomic E-state index is -4.58. The molecule has 8 heteroatoms. The van der Waals surface area contributed by atoms with Gasteiger partial charge in [0, 0.05) is 3.57 Å². The molecule has 0 bridgehead atoms. The number of rotatable bonds is 1. The third-order valence-corrected chi connectivity index (χ3v) is 3.04. The highest BCUT2D eigenvalue weighted by atomic mass is 127. The van der Waals surface area contributed by atoms with Crippen molar-refractivity contribution < 1.29 is 21.6 Å². The van der Waals surface area contributed by atoms with Crippen LogP contribution in [0.5, 0.6) is 0 Å². The fourth-order valence-electron chi connectivity index (χ4n) is 0.891. The van der Waals surface area contributed by atoms with E-state index in [1.807, 2.05) is 0 Å². The molecule has 0 fully saturated rings. The topological polar surface area (TPSA) is 60.2 Å². The molecule has 0 aliphatic carbocycles. The molecule has 0 aliphatic rings. The largest absolute Gasteiger partial charge is 0.416 e. The number of halogens is 4. The average molecular weight is 351 g/mol. The summed E-state index contributed by atoms with van der Waals surface area (Å²) in [5.41, 5.74) is -1.03. The number of sulfonamides is 1. The minimum absolute atomic E-state index is 0.159. The van der Waals surface area contributed by atoms with Crippen LogP contribution in [0.1, 0.15) is 5.56 Å². The summed E-state index contributed by atoms with van der Waals surface area (Å²) in [6, 6.07) is 2.43. The number of primary sulfonamides is 1. The van der Waals surface area contributed by atoms with Crippen LogP contribution in [0.3, 0.4) is 0 Å². The molecule has 1 aromatic carbocycles. The first-order valence-electron chi connectivity index (χ1n) is 3.51. The summed E-state index contributed by atoms with van der Waals surface area (Å²) >= 11 is 1.59. The molecule has 1 rings (SSSR count). The molecule has 0 spiro atoms. The Labute approximate surface area is 97.7 Å². The van der Waals surface area contributed by atoms with Gasteiger partial charge in [0.1, 0.15) is 0 Å². The van der Waals surface area contributed by atoms with Crippen molar-refractivity contribution in [3.8, 4) is 0 Å². The molecule has 3 nitrogen and oxygen atoms in total. The Morgan fingerprint density at radius 2 is 1.73 bits per heavy atom. The van der Waals surface area contributed by atoms with E-state index in [-0.39, 0.29) is 3.57 Å². The Bertz CT molecular complexity index is 483. The summed E-state index contributed by atoms with van der Waals surface area (Å²) in [4.78, 5) is -0.540. The van der Waals surface area contributed by atoms with Gasteiger partial charge in [-0.2, -0.15) is 13.2 Å². The van der Waals surface area contributed by atoms with Crippen molar-refractivity contribution in [1.29, 1.82) is 0 Å². The molecule has 0 amide bonds. The van der Waals surface area contributed by atoms with Gasteiger partial charge in [-0.05, 0) is 40.8 Å². The molecule has 0 heterocycles. The second-order valence-electron chi connectivity index (χ2n) is 2.72. The van der Waals surface area contributed by atoms with Crippen molar-refractivity contribution in [3.05, 3.63) is 27.3 Å². The van der Waals surface area contributed by atoms with Crippen LogP contribution in [-0.4, -0.2) is 8.42 Å². The zero-order chi connectivity index (χ0) is 11.9. The highest BCUT2D eigenvalue weighted by Crippen LogP contribution is 2.31. The molecule has 15 heavy (non-hydrogen) atoms. The predicted octanol–water partition coefficient (Wildman–Crippen LogP) is 1.96. The lowest BCUT2D eigenvalue weighted by molar-refractivity contribution is -0.137. The molecular formula is C7H5F3INO2S. The first kappa shape index (κ1) is 12.7. The van der Waals surface area contributed by atoms with Gasteiger partial charge in [0.15, 0.2) is 0 Å². The van der Waals surface area contributed by atoms with Gasteiger partial charge in [-0.15, -0.1) is 0 Å². The van der Waals surface area contributed by atoms with E-state index in [1.54, 1.807) is 22.6 Å². The second-order valence-corrected chi connectivity index (χ2v) is 5.53. The van der Waals surface area contributed by atoms with E-state index < -0.39 is 26.7 Å². The molecule has 0 radical (unpaired) electrons. The lowest BCUT2D eigenvalue weighted by Crippen LogP contribution is -2.14. The average Bonchev–Trinajstić information content (AvgIpc) is 1.99. The number of benzene rings is 1. The van der Waals surface area contributed by atoms with E-state index in [0.29, 0.717) is 6.07 Å². The van der Waals surface area contributed by atoms with Crippen molar-refractivity contribution >= 4 is 32.6 Å². The quantitative estimate of drug-likeness (QED) is 0.787. The van der Waals surface area contributed by atoms with Gasteiger partial charge in [0.05, 0.1) is 10.5 Å². The van der Waals surface area contributed by atoms with Gasteiger partial charge in [-0.25, -0.2) is 13.6 Å². The highest BCUT2D eigenvalue weighted by Gasteiger charge is 2.31. The van der Waals surface area contributed by atoms with Crippen molar-refractivity contribution in [1.82, 2.24) is 0 Å². The molecule has 0 aliphatic heterocycles. The van der Waals surface area contributed by atoms with Crippen LogP contribution < -0.4 is 5.14 Å². The zero-order valence-corrected chi connectivity index (χ0v) is 10.0. The van der Waals surface area contributed by atoms with E-state index in [1.165, 1.54) is 0 Å². The van der Waals surface area contributed by atoms with Crippen molar-refractivity contribution in [2.45, 2.75) is 11.1 Å². The molecule has 0 saturated heterocycles. The van der Waals surface area contributed by atoms with Crippen LogP contribution in [0, 0.1) is 3.57 Å². The van der Waals surface area contributed by atoms with Crippen LogP contribution in [0.25, 0.3) is 0 Å². The van der Waals surface area contributed by atoms with Gasteiger partial charge in [-0.3, -0.25) is 0 Å². The Morgan fingerprint density at radius 3 is 2.13 bits per heavy atom. The van der Waals surface area contributed by atoms with Crippen LogP contribution in [0.2, 0.25) is 0 Å². The molecule has 0 unspecified atom stereocenters. The normalized spacial score (nSPS) is 12.9. The maximum atomic E-state index is 12.3. The van der Waals surface area contributed by atoms with Crippen molar-refractivity contribution in [2.24, 2.45) is 5.14 Å². The summed E-state index contributed by atoms with van der Waals surface area (Å²) in [6.45, 7) is 0. The third kappa shape index (κ3) is 3.31. The first-order chi connectivity index (χ1) is 6.60. The Hall–Kier alpha value is -0.350. The third-order valence-electron chi connectivity index (χ3n) is 1.53. The zero-order valence-electron chi connectivity index (χ0n) is 7.05. The number of hydrogen-bond acceptors (Lipinski definition) is 2. The fourth-order valence-corrected chi connectivity index (χ4v) is 2.36. The van der Waals surface area contributed by atoms with Crippen molar-refractivity contribution in [3.63, 3.8) is 0 Å². The maximum absolute atomic E-state index is 12.3. The minimum Gasteiger partial charge on any atom is -0.225 e. The molecule has 0 aromatic heterocycles. The van der Waals surface area contributed by atoms with Gasteiger partial charge < -0.3 is 0 Å². The van der Waals surface area contributed by atoms with E-state index in [2.05, 4.69) is 0 Å². The molecule has 0 saturated carbocycles. The highest BCUT2D eigenvalue weighted by molar-refractivity contribution is 14.1. The van der Waals surface area contributed by atoms with E-state index in [4.69, 9.17) is 5.14 Å². The van der Waals surface area contributed by atoms with Gasteiger partial charge in [0.2, 0.25) is 10.0 Å². The summed E-state index contributed by atoms with van der Waals surface area (Å²) in [5, 5.41) is 4.74.